The number of rotatable bonds is 6. The Morgan fingerprint density at radius 3 is 2.38 bits per heavy atom. The molecule has 0 aliphatic carbocycles. The Hall–Kier alpha value is -2.01. The first-order valence-electron chi connectivity index (χ1n) is 7.14. The van der Waals surface area contributed by atoms with Crippen molar-refractivity contribution in [2.45, 2.75) is 33.4 Å². The molecule has 1 aromatic heterocycles. The van der Waals surface area contributed by atoms with Crippen molar-refractivity contribution in [3.63, 3.8) is 0 Å². The van der Waals surface area contributed by atoms with E-state index in [0.29, 0.717) is 18.0 Å². The molecule has 114 valence electrons. The lowest BCUT2D eigenvalue weighted by Gasteiger charge is -2.14. The van der Waals surface area contributed by atoms with Crippen molar-refractivity contribution in [2.24, 2.45) is 5.73 Å². The summed E-state index contributed by atoms with van der Waals surface area (Å²) in [5.41, 5.74) is 10.2. The molecule has 0 aliphatic heterocycles. The van der Waals surface area contributed by atoms with Crippen molar-refractivity contribution in [1.29, 1.82) is 0 Å². The Balaban J connectivity index is 2.57. The molecule has 2 aromatic rings. The number of nitrogens with two attached hydrogens (primary N) is 1. The highest BCUT2D eigenvalue weighted by atomic mass is 16.5. The molecule has 0 saturated heterocycles. The zero-order chi connectivity index (χ0) is 15.4. The minimum Gasteiger partial charge on any atom is -0.493 e. The minimum atomic E-state index is 0.439. The Labute approximate surface area is 125 Å². The standard InChI is InChI=1S/C16H23N3O2/c1-5-6-19-11(2)14(10-18-19)13-8-16(21-4)15(20-3)7-12(13)9-17/h7-8,10H,5-6,9,17H2,1-4H3. The highest BCUT2D eigenvalue weighted by Crippen LogP contribution is 2.36. The molecular formula is C16H23N3O2. The van der Waals surface area contributed by atoms with Gasteiger partial charge < -0.3 is 15.2 Å². The van der Waals surface area contributed by atoms with Crippen molar-refractivity contribution >= 4 is 0 Å². The van der Waals surface area contributed by atoms with Gasteiger partial charge in [0.2, 0.25) is 0 Å². The fourth-order valence-electron chi connectivity index (χ4n) is 2.49. The van der Waals surface area contributed by atoms with Crippen LogP contribution in [0.5, 0.6) is 11.5 Å². The molecule has 0 spiro atoms. The van der Waals surface area contributed by atoms with Crippen LogP contribution >= 0.6 is 0 Å². The molecule has 1 aromatic carbocycles. The maximum Gasteiger partial charge on any atom is 0.161 e. The molecule has 5 heteroatoms. The highest BCUT2D eigenvalue weighted by Gasteiger charge is 2.15. The van der Waals surface area contributed by atoms with Crippen LogP contribution in [0, 0.1) is 6.92 Å². The number of hydrogen-bond donors (Lipinski definition) is 1. The molecule has 2 rings (SSSR count). The van der Waals surface area contributed by atoms with Gasteiger partial charge in [0.15, 0.2) is 11.5 Å². The highest BCUT2D eigenvalue weighted by molar-refractivity contribution is 5.72. The van der Waals surface area contributed by atoms with E-state index >= 15 is 0 Å². The van der Waals surface area contributed by atoms with Crippen LogP contribution in [0.15, 0.2) is 18.3 Å². The summed E-state index contributed by atoms with van der Waals surface area (Å²) in [6, 6.07) is 3.91. The molecule has 2 N–H and O–H groups in total. The van der Waals surface area contributed by atoms with Crippen molar-refractivity contribution in [1.82, 2.24) is 9.78 Å². The first kappa shape index (κ1) is 15.4. The fraction of sp³-hybridized carbons (Fsp3) is 0.438. The molecular weight excluding hydrogens is 266 g/mol. The van der Waals surface area contributed by atoms with Gasteiger partial charge in [0.05, 0.1) is 20.4 Å². The van der Waals surface area contributed by atoms with Gasteiger partial charge in [-0.15, -0.1) is 0 Å². The first-order valence-corrected chi connectivity index (χ1v) is 7.14. The lowest BCUT2D eigenvalue weighted by molar-refractivity contribution is 0.354. The van der Waals surface area contributed by atoms with Gasteiger partial charge in [-0.25, -0.2) is 0 Å². The second-order valence-electron chi connectivity index (χ2n) is 4.94. The van der Waals surface area contributed by atoms with Gasteiger partial charge in [0.25, 0.3) is 0 Å². The summed E-state index contributed by atoms with van der Waals surface area (Å²) in [5.74, 6) is 1.40. The van der Waals surface area contributed by atoms with E-state index in [1.54, 1.807) is 14.2 Å². The predicted octanol–water partition coefficient (Wildman–Crippen LogP) is 2.74. The summed E-state index contributed by atoms with van der Waals surface area (Å²) in [4.78, 5) is 0. The van der Waals surface area contributed by atoms with Crippen LogP contribution in [-0.2, 0) is 13.1 Å². The van der Waals surface area contributed by atoms with Gasteiger partial charge in [-0.3, -0.25) is 4.68 Å². The van der Waals surface area contributed by atoms with E-state index in [2.05, 4.69) is 18.9 Å². The zero-order valence-corrected chi connectivity index (χ0v) is 13.1. The van der Waals surface area contributed by atoms with Crippen LogP contribution in [0.25, 0.3) is 11.1 Å². The van der Waals surface area contributed by atoms with Gasteiger partial charge >= 0.3 is 0 Å². The van der Waals surface area contributed by atoms with E-state index in [0.717, 1.165) is 35.3 Å². The molecule has 0 bridgehead atoms. The molecule has 0 unspecified atom stereocenters. The van der Waals surface area contributed by atoms with Crippen LogP contribution in [0.2, 0.25) is 0 Å². The van der Waals surface area contributed by atoms with Crippen molar-refractivity contribution in [3.8, 4) is 22.6 Å². The van der Waals surface area contributed by atoms with Gasteiger partial charge in [0, 0.05) is 24.3 Å². The van der Waals surface area contributed by atoms with Crippen LogP contribution < -0.4 is 15.2 Å². The summed E-state index contributed by atoms with van der Waals surface area (Å²) in [6.45, 7) is 5.57. The normalized spacial score (nSPS) is 10.7. The van der Waals surface area contributed by atoms with Crippen molar-refractivity contribution in [3.05, 3.63) is 29.6 Å². The van der Waals surface area contributed by atoms with Crippen LogP contribution in [0.4, 0.5) is 0 Å². The second kappa shape index (κ2) is 6.63. The molecule has 5 nitrogen and oxygen atoms in total. The van der Waals surface area contributed by atoms with Crippen LogP contribution in [0.3, 0.4) is 0 Å². The third-order valence-corrected chi connectivity index (χ3v) is 3.66. The second-order valence-corrected chi connectivity index (χ2v) is 4.94. The minimum absolute atomic E-state index is 0.439. The Morgan fingerprint density at radius 2 is 1.81 bits per heavy atom. The van der Waals surface area contributed by atoms with E-state index < -0.39 is 0 Å². The largest absolute Gasteiger partial charge is 0.493 e. The van der Waals surface area contributed by atoms with E-state index in [9.17, 15) is 0 Å². The van der Waals surface area contributed by atoms with Gasteiger partial charge in [-0.05, 0) is 36.6 Å². The van der Waals surface area contributed by atoms with Crippen molar-refractivity contribution < 1.29 is 9.47 Å². The first-order chi connectivity index (χ1) is 10.2. The molecule has 0 amide bonds. The smallest absolute Gasteiger partial charge is 0.161 e. The van der Waals surface area contributed by atoms with E-state index in [-0.39, 0.29) is 0 Å². The lowest BCUT2D eigenvalue weighted by atomic mass is 9.99. The number of aryl methyl sites for hydroxylation is 1. The Morgan fingerprint density at radius 1 is 1.14 bits per heavy atom. The van der Waals surface area contributed by atoms with E-state index in [1.165, 1.54) is 0 Å². The van der Waals surface area contributed by atoms with Crippen LogP contribution in [-0.4, -0.2) is 24.0 Å². The molecule has 0 fully saturated rings. The van der Waals surface area contributed by atoms with Crippen LogP contribution in [0.1, 0.15) is 24.6 Å². The summed E-state index contributed by atoms with van der Waals surface area (Å²) in [7, 11) is 3.26. The summed E-state index contributed by atoms with van der Waals surface area (Å²) in [5, 5.41) is 4.46. The predicted molar refractivity (Wildman–Crippen MR) is 83.7 cm³/mol. The Bertz CT molecular complexity index is 620. The zero-order valence-electron chi connectivity index (χ0n) is 13.1. The molecule has 21 heavy (non-hydrogen) atoms. The SMILES string of the molecule is CCCn1ncc(-c2cc(OC)c(OC)cc2CN)c1C. The third kappa shape index (κ3) is 2.88. The number of benzene rings is 1. The average Bonchev–Trinajstić information content (AvgIpc) is 2.87. The molecule has 1 heterocycles. The summed E-state index contributed by atoms with van der Waals surface area (Å²) in [6.07, 6.45) is 2.95. The molecule has 0 saturated carbocycles. The Kier molecular flexibility index (Phi) is 4.85. The average molecular weight is 289 g/mol. The number of ether oxygens (including phenoxy) is 2. The monoisotopic (exact) mass is 289 g/mol. The maximum atomic E-state index is 5.90. The number of methoxy groups -OCH3 is 2. The maximum absolute atomic E-state index is 5.90. The molecule has 0 radical (unpaired) electrons. The van der Waals surface area contributed by atoms with Gasteiger partial charge in [0.1, 0.15) is 0 Å². The number of aromatic nitrogens is 2. The van der Waals surface area contributed by atoms with Gasteiger partial charge in [-0.1, -0.05) is 6.92 Å². The van der Waals surface area contributed by atoms with Crippen molar-refractivity contribution in [2.75, 3.05) is 14.2 Å². The third-order valence-electron chi connectivity index (χ3n) is 3.66. The number of hydrogen-bond acceptors (Lipinski definition) is 4. The molecule has 0 atom stereocenters. The summed E-state index contributed by atoms with van der Waals surface area (Å²) < 4.78 is 12.8. The number of nitrogens with zero attached hydrogens (tertiary/aromatic N) is 2. The quantitative estimate of drug-likeness (QED) is 0.888. The topological polar surface area (TPSA) is 62.3 Å². The van der Waals surface area contributed by atoms with Gasteiger partial charge in [-0.2, -0.15) is 5.10 Å². The lowest BCUT2D eigenvalue weighted by Crippen LogP contribution is -2.03. The summed E-state index contributed by atoms with van der Waals surface area (Å²) >= 11 is 0. The fourth-order valence-corrected chi connectivity index (χ4v) is 2.49. The van der Waals surface area contributed by atoms with E-state index in [1.807, 2.05) is 23.0 Å². The molecule has 0 aliphatic rings. The van der Waals surface area contributed by atoms with E-state index in [4.69, 9.17) is 15.2 Å².